The summed E-state index contributed by atoms with van der Waals surface area (Å²) in [6, 6.07) is 14.3. The molecule has 2 aromatic rings. The van der Waals surface area contributed by atoms with E-state index in [0.29, 0.717) is 11.2 Å². The summed E-state index contributed by atoms with van der Waals surface area (Å²) in [5, 5.41) is 0.725. The number of quaternary nitrogens is 1. The fourth-order valence-corrected chi connectivity index (χ4v) is 6.66. The minimum atomic E-state index is -0.455. The number of para-hydroxylation sites is 1. The number of hydrogen-bond acceptors (Lipinski definition) is 3. The molecule has 0 saturated carbocycles. The van der Waals surface area contributed by atoms with E-state index in [4.69, 9.17) is 21.1 Å². The highest BCUT2D eigenvalue weighted by Crippen LogP contribution is 2.51. The second kappa shape index (κ2) is 15.2. The number of esters is 1. The smallest absolute Gasteiger partial charge is 0.315 e. The van der Waals surface area contributed by atoms with Crippen LogP contribution in [0.25, 0.3) is 0 Å². The monoisotopic (exact) mass is 681 g/mol. The fourth-order valence-electron chi connectivity index (χ4n) is 6.48. The number of nitrogens with zero attached hydrogens (tertiary/aromatic N) is 1. The minimum Gasteiger partial charge on any atom is -1.00 e. The lowest BCUT2D eigenvalue weighted by Gasteiger charge is -2.31. The summed E-state index contributed by atoms with van der Waals surface area (Å²) in [6.45, 7) is 8.52. The zero-order valence-corrected chi connectivity index (χ0v) is 27.9. The number of carbonyl (C=O) groups is 1. The zero-order valence-electron chi connectivity index (χ0n) is 25.0. The Hall–Kier alpha value is -1.31. The maximum atomic E-state index is 13.2. The molecular formula is C34H49ClINO3. The van der Waals surface area contributed by atoms with Gasteiger partial charge in [-0.05, 0) is 44.5 Å². The van der Waals surface area contributed by atoms with Crippen LogP contribution in [0.2, 0.25) is 5.02 Å². The fraction of sp³-hybridized carbons (Fsp3) is 0.618. The van der Waals surface area contributed by atoms with Crippen molar-refractivity contribution in [1.29, 1.82) is 0 Å². The average molecular weight is 682 g/mol. The highest BCUT2D eigenvalue weighted by atomic mass is 127. The Labute approximate surface area is 264 Å². The van der Waals surface area contributed by atoms with E-state index in [0.717, 1.165) is 48.0 Å². The van der Waals surface area contributed by atoms with Gasteiger partial charge in [0.25, 0.3) is 0 Å². The predicted molar refractivity (Wildman–Crippen MR) is 161 cm³/mol. The third kappa shape index (κ3) is 8.61. The van der Waals surface area contributed by atoms with Gasteiger partial charge in [-0.3, -0.25) is 9.28 Å². The quantitative estimate of drug-likeness (QED) is 0.0975. The van der Waals surface area contributed by atoms with Gasteiger partial charge in [0.15, 0.2) is 0 Å². The number of fused-ring (bicyclic) bond motifs is 5. The van der Waals surface area contributed by atoms with Crippen molar-refractivity contribution in [3.05, 3.63) is 58.6 Å². The van der Waals surface area contributed by atoms with Crippen LogP contribution in [0, 0.1) is 5.41 Å². The van der Waals surface area contributed by atoms with Crippen LogP contribution < -0.4 is 28.7 Å². The molecule has 222 valence electrons. The number of likely N-dealkylation sites (tertiary alicyclic amines) is 1. The van der Waals surface area contributed by atoms with E-state index in [2.05, 4.69) is 38.2 Å². The van der Waals surface area contributed by atoms with Gasteiger partial charge in [0.05, 0.1) is 25.6 Å². The van der Waals surface area contributed by atoms with Gasteiger partial charge in [0.2, 0.25) is 6.73 Å². The molecule has 0 radical (unpaired) electrons. The van der Waals surface area contributed by atoms with Gasteiger partial charge in [-0.1, -0.05) is 101 Å². The van der Waals surface area contributed by atoms with Crippen molar-refractivity contribution in [3.63, 3.8) is 0 Å². The molecule has 1 unspecified atom stereocenters. The molecule has 2 aliphatic heterocycles. The molecule has 0 aromatic heterocycles. The number of likely N-dealkylation sites (N-methyl/N-ethyl adjacent to an activating group) is 1. The highest BCUT2D eigenvalue weighted by molar-refractivity contribution is 6.30. The van der Waals surface area contributed by atoms with Crippen molar-refractivity contribution >= 4 is 17.6 Å². The molecule has 2 aromatic carbocycles. The average Bonchev–Trinajstić information content (AvgIpc) is 3.21. The summed E-state index contributed by atoms with van der Waals surface area (Å²) in [5.74, 6) is 2.26. The minimum absolute atomic E-state index is 0. The third-order valence-corrected chi connectivity index (χ3v) is 9.12. The van der Waals surface area contributed by atoms with Gasteiger partial charge in [-0.2, -0.15) is 0 Å². The second-order valence-electron chi connectivity index (χ2n) is 12.9. The Bertz CT molecular complexity index is 1110. The van der Waals surface area contributed by atoms with Gasteiger partial charge >= 0.3 is 5.97 Å². The molecule has 2 heterocycles. The number of benzene rings is 2. The number of ether oxygens (including phenoxy) is 2. The van der Waals surface area contributed by atoms with E-state index in [-0.39, 0.29) is 41.8 Å². The van der Waals surface area contributed by atoms with Crippen LogP contribution in [-0.4, -0.2) is 37.3 Å². The Morgan fingerprint density at radius 2 is 1.48 bits per heavy atom. The van der Waals surface area contributed by atoms with Gasteiger partial charge in [-0.25, -0.2) is 0 Å². The summed E-state index contributed by atoms with van der Waals surface area (Å²) in [5.41, 5.74) is 1.92. The van der Waals surface area contributed by atoms with Crippen molar-refractivity contribution in [1.82, 2.24) is 0 Å². The Balaban J connectivity index is 0.00000441. The van der Waals surface area contributed by atoms with Crippen LogP contribution in [0.5, 0.6) is 11.5 Å². The van der Waals surface area contributed by atoms with Crippen LogP contribution >= 0.6 is 11.6 Å². The molecule has 0 amide bonds. The van der Waals surface area contributed by atoms with Crippen LogP contribution in [0.1, 0.15) is 114 Å². The molecule has 6 heteroatoms. The van der Waals surface area contributed by atoms with Crippen LogP contribution in [-0.2, 0) is 9.53 Å². The van der Waals surface area contributed by atoms with Gasteiger partial charge in [0.1, 0.15) is 11.5 Å². The molecule has 4 rings (SSSR count). The van der Waals surface area contributed by atoms with Gasteiger partial charge < -0.3 is 33.5 Å². The van der Waals surface area contributed by atoms with Crippen molar-refractivity contribution < 1.29 is 42.7 Å². The molecule has 2 aliphatic rings. The van der Waals surface area contributed by atoms with Gasteiger partial charge in [-0.15, -0.1) is 0 Å². The molecule has 1 saturated heterocycles. The standard InChI is InChI=1S/C34H49ClNO3.HI/c1-5-6-7-8-9-10-11-12-13-16-21-34(2,3)33(37)38-25-36(4)23-29-27-17-14-15-18-31(27)39-32-20-19-26(35)22-28(32)30(29)24-36;/h14-15,17-20,22,29-30H,5-13,16,21,23-25H2,1-4H3;1H/q+1;/p-1/t29-,30-,36?;/m1./s1. The number of unbranched alkanes of at least 4 members (excludes halogenated alkanes) is 9. The van der Waals surface area contributed by atoms with Gasteiger partial charge in [0, 0.05) is 28.0 Å². The molecular weight excluding hydrogens is 633 g/mol. The lowest BCUT2D eigenvalue weighted by atomic mass is 9.84. The van der Waals surface area contributed by atoms with Crippen LogP contribution in [0.4, 0.5) is 0 Å². The zero-order chi connectivity index (χ0) is 27.9. The largest absolute Gasteiger partial charge is 1.00 e. The first-order valence-electron chi connectivity index (χ1n) is 15.3. The van der Waals surface area contributed by atoms with E-state index in [9.17, 15) is 4.79 Å². The first-order chi connectivity index (χ1) is 18.7. The van der Waals surface area contributed by atoms with Crippen LogP contribution in [0.15, 0.2) is 42.5 Å². The molecule has 0 N–H and O–H groups in total. The molecule has 0 aliphatic carbocycles. The Morgan fingerprint density at radius 1 is 0.900 bits per heavy atom. The molecule has 4 nitrogen and oxygen atoms in total. The SMILES string of the molecule is CCCCCCCCCCCCC(C)(C)C(=O)OC[N+]1(C)C[C@@H]2c3ccccc3Oc3ccc(Cl)cc3[C@H]2C1.[I-]. The molecule has 1 fully saturated rings. The lowest BCUT2D eigenvalue weighted by molar-refractivity contribution is -0.915. The van der Waals surface area contributed by atoms with Crippen molar-refractivity contribution in [2.75, 3.05) is 26.9 Å². The van der Waals surface area contributed by atoms with E-state index in [1.165, 1.54) is 63.4 Å². The van der Waals surface area contributed by atoms with E-state index >= 15 is 0 Å². The number of halogens is 2. The maximum absolute atomic E-state index is 13.2. The predicted octanol–water partition coefficient (Wildman–Crippen LogP) is 6.62. The van der Waals surface area contributed by atoms with Crippen molar-refractivity contribution in [2.45, 2.75) is 103 Å². The molecule has 0 bridgehead atoms. The number of hydrogen-bond donors (Lipinski definition) is 0. The van der Waals surface area contributed by atoms with Crippen molar-refractivity contribution in [2.24, 2.45) is 5.41 Å². The highest BCUT2D eigenvalue weighted by Gasteiger charge is 2.48. The number of carbonyl (C=O) groups excluding carboxylic acids is 1. The van der Waals surface area contributed by atoms with Crippen molar-refractivity contribution in [3.8, 4) is 11.5 Å². The summed E-state index contributed by atoms with van der Waals surface area (Å²) < 4.78 is 13.1. The first-order valence-corrected chi connectivity index (χ1v) is 15.7. The lowest BCUT2D eigenvalue weighted by Crippen LogP contribution is -3.00. The third-order valence-electron chi connectivity index (χ3n) is 8.89. The molecule has 0 spiro atoms. The maximum Gasteiger partial charge on any atom is 0.315 e. The summed E-state index contributed by atoms with van der Waals surface area (Å²) in [6.07, 6.45) is 13.9. The molecule has 3 atom stereocenters. The topological polar surface area (TPSA) is 35.5 Å². The summed E-state index contributed by atoms with van der Waals surface area (Å²) >= 11 is 6.43. The Kier molecular flexibility index (Phi) is 12.7. The summed E-state index contributed by atoms with van der Waals surface area (Å²) in [7, 11) is 2.21. The van der Waals surface area contributed by atoms with E-state index < -0.39 is 5.41 Å². The Morgan fingerprint density at radius 3 is 2.15 bits per heavy atom. The normalized spacial score (nSPS) is 21.3. The first kappa shape index (κ1) is 33.2. The van der Waals surface area contributed by atoms with E-state index in [1.807, 2.05) is 32.0 Å². The summed E-state index contributed by atoms with van der Waals surface area (Å²) in [4.78, 5) is 13.2. The van der Waals surface area contributed by atoms with E-state index in [1.54, 1.807) is 0 Å². The van der Waals surface area contributed by atoms with Crippen LogP contribution in [0.3, 0.4) is 0 Å². The molecule has 40 heavy (non-hydrogen) atoms. The number of rotatable bonds is 14. The second-order valence-corrected chi connectivity index (χ2v) is 13.3.